The molecule has 0 aromatic rings. The number of ether oxygens (including phenoxy) is 1. The van der Waals surface area contributed by atoms with Crippen LogP contribution < -0.4 is 0 Å². The Balaban J connectivity index is 2.94. The fraction of sp³-hybridized carbons (Fsp3) is 0.600. The SMILES string of the molecule is CC(=O)SC(=N)[C@@H]1CCN(/C(C(C)=O)=C(/C=O)OC(C)C)C1. The van der Waals surface area contributed by atoms with Crippen molar-refractivity contribution in [3.63, 3.8) is 0 Å². The van der Waals surface area contributed by atoms with Crippen LogP contribution in [-0.4, -0.2) is 46.3 Å². The summed E-state index contributed by atoms with van der Waals surface area (Å²) in [7, 11) is 0. The molecule has 7 heteroatoms. The first kappa shape index (κ1) is 18.4. The van der Waals surface area contributed by atoms with Gasteiger partial charge < -0.3 is 9.64 Å². The smallest absolute Gasteiger partial charge is 0.191 e. The highest BCUT2D eigenvalue weighted by Crippen LogP contribution is 2.27. The Bertz CT molecular complexity index is 514. The standard InChI is InChI=1S/C15H22N2O4S/c1-9(2)21-13(8-18)14(10(3)19)17-6-5-12(7-17)15(16)22-11(4)20/h8-9,12,16H,5-7H2,1-4H3/b14-13-,16-15?/t12-/m1/s1. The summed E-state index contributed by atoms with van der Waals surface area (Å²) >= 11 is 0.915. The van der Waals surface area contributed by atoms with Crippen LogP contribution in [0.25, 0.3) is 0 Å². The Labute approximate surface area is 134 Å². The molecule has 0 spiro atoms. The molecular formula is C15H22N2O4S. The molecule has 6 nitrogen and oxygen atoms in total. The average molecular weight is 326 g/mol. The van der Waals surface area contributed by atoms with Gasteiger partial charge in [-0.3, -0.25) is 19.8 Å². The third-order valence-corrected chi connectivity index (χ3v) is 4.01. The van der Waals surface area contributed by atoms with Gasteiger partial charge in [-0.05, 0) is 32.0 Å². The number of nitrogens with one attached hydrogen (secondary N) is 1. The zero-order chi connectivity index (χ0) is 16.9. The van der Waals surface area contributed by atoms with Crippen molar-refractivity contribution in [3.8, 4) is 0 Å². The fourth-order valence-corrected chi connectivity index (χ4v) is 3.03. The summed E-state index contributed by atoms with van der Waals surface area (Å²) in [6.45, 7) is 7.38. The molecule has 1 fully saturated rings. The van der Waals surface area contributed by atoms with Crippen LogP contribution in [0.3, 0.4) is 0 Å². The molecule has 0 aromatic heterocycles. The van der Waals surface area contributed by atoms with Crippen LogP contribution in [-0.2, 0) is 19.1 Å². The van der Waals surface area contributed by atoms with Crippen LogP contribution in [0.2, 0.25) is 0 Å². The number of allylic oxidation sites excluding steroid dienone is 2. The molecule has 0 bridgehead atoms. The molecule has 22 heavy (non-hydrogen) atoms. The first-order chi connectivity index (χ1) is 10.3. The molecule has 1 atom stereocenters. The molecular weight excluding hydrogens is 304 g/mol. The number of nitrogens with zero attached hydrogens (tertiary/aromatic N) is 1. The minimum Gasteiger partial charge on any atom is -0.485 e. The third kappa shape index (κ3) is 4.98. The molecule has 0 radical (unpaired) electrons. The van der Waals surface area contributed by atoms with Crippen molar-refractivity contribution in [1.29, 1.82) is 5.41 Å². The van der Waals surface area contributed by atoms with Gasteiger partial charge in [-0.1, -0.05) is 0 Å². The summed E-state index contributed by atoms with van der Waals surface area (Å²) in [6.07, 6.45) is 1.02. The largest absolute Gasteiger partial charge is 0.485 e. The number of Topliss-reactive ketones (excluding diaryl/α,β-unsaturated/α-hetero) is 1. The molecule has 0 aromatic carbocycles. The van der Waals surface area contributed by atoms with Crippen LogP contribution in [0.15, 0.2) is 11.5 Å². The minimum absolute atomic E-state index is 0.0360. The fourth-order valence-electron chi connectivity index (χ4n) is 2.36. The molecule has 0 aliphatic carbocycles. The lowest BCUT2D eigenvalue weighted by molar-refractivity contribution is -0.116. The van der Waals surface area contributed by atoms with E-state index in [9.17, 15) is 14.4 Å². The Morgan fingerprint density at radius 2 is 2.00 bits per heavy atom. The number of hydrogen-bond donors (Lipinski definition) is 1. The maximum Gasteiger partial charge on any atom is 0.191 e. The van der Waals surface area contributed by atoms with Crippen molar-refractivity contribution in [2.75, 3.05) is 13.1 Å². The van der Waals surface area contributed by atoms with Gasteiger partial charge in [-0.15, -0.1) is 0 Å². The van der Waals surface area contributed by atoms with Crippen molar-refractivity contribution in [2.24, 2.45) is 5.92 Å². The molecule has 0 unspecified atom stereocenters. The van der Waals surface area contributed by atoms with E-state index in [4.69, 9.17) is 10.1 Å². The van der Waals surface area contributed by atoms with Crippen molar-refractivity contribution in [3.05, 3.63) is 11.5 Å². The molecule has 1 rings (SSSR count). The quantitative estimate of drug-likeness (QED) is 0.264. The van der Waals surface area contributed by atoms with Gasteiger partial charge in [0.1, 0.15) is 5.70 Å². The van der Waals surface area contributed by atoms with Crippen LogP contribution in [0.4, 0.5) is 0 Å². The molecule has 0 amide bonds. The number of hydrogen-bond acceptors (Lipinski definition) is 7. The second-order valence-corrected chi connectivity index (χ2v) is 6.66. The van der Waals surface area contributed by atoms with E-state index in [2.05, 4.69) is 0 Å². The predicted octanol–water partition coefficient (Wildman–Crippen LogP) is 1.99. The molecule has 1 saturated heterocycles. The normalized spacial score (nSPS) is 19.0. The third-order valence-electron chi connectivity index (χ3n) is 3.17. The average Bonchev–Trinajstić information content (AvgIpc) is 2.85. The summed E-state index contributed by atoms with van der Waals surface area (Å²) < 4.78 is 5.43. The van der Waals surface area contributed by atoms with Gasteiger partial charge in [0.2, 0.25) is 0 Å². The Kier molecular flexibility index (Phi) is 6.80. The first-order valence-electron chi connectivity index (χ1n) is 7.15. The summed E-state index contributed by atoms with van der Waals surface area (Å²) in [5.74, 6) is -0.307. The lowest BCUT2D eigenvalue weighted by Gasteiger charge is -2.23. The van der Waals surface area contributed by atoms with Gasteiger partial charge in [0.05, 0.1) is 11.1 Å². The molecule has 122 valence electrons. The molecule has 1 aliphatic rings. The van der Waals surface area contributed by atoms with Crippen LogP contribution >= 0.6 is 11.8 Å². The van der Waals surface area contributed by atoms with E-state index in [1.807, 2.05) is 0 Å². The van der Waals surface area contributed by atoms with E-state index >= 15 is 0 Å². The molecule has 1 heterocycles. The Morgan fingerprint density at radius 3 is 2.45 bits per heavy atom. The number of carbonyl (C=O) groups excluding carboxylic acids is 3. The van der Waals surface area contributed by atoms with E-state index in [0.717, 1.165) is 11.8 Å². The number of thioether (sulfide) groups is 1. The van der Waals surface area contributed by atoms with Gasteiger partial charge in [0.15, 0.2) is 22.9 Å². The molecule has 1 aliphatic heterocycles. The van der Waals surface area contributed by atoms with E-state index in [0.29, 0.717) is 30.8 Å². The number of aldehydes is 1. The van der Waals surface area contributed by atoms with E-state index < -0.39 is 0 Å². The topological polar surface area (TPSA) is 87.5 Å². The minimum atomic E-state index is -0.242. The molecule has 1 N–H and O–H groups in total. The summed E-state index contributed by atoms with van der Waals surface area (Å²) in [4.78, 5) is 36.0. The van der Waals surface area contributed by atoms with E-state index in [1.165, 1.54) is 13.8 Å². The van der Waals surface area contributed by atoms with Crippen molar-refractivity contribution >= 4 is 34.0 Å². The summed E-state index contributed by atoms with van der Waals surface area (Å²) in [5, 5.41) is 8.11. The highest BCUT2D eigenvalue weighted by molar-refractivity contribution is 8.26. The number of ketones is 1. The van der Waals surface area contributed by atoms with Crippen LogP contribution in [0.1, 0.15) is 34.1 Å². The van der Waals surface area contributed by atoms with Crippen molar-refractivity contribution in [2.45, 2.75) is 40.2 Å². The van der Waals surface area contributed by atoms with Crippen molar-refractivity contribution < 1.29 is 19.1 Å². The van der Waals surface area contributed by atoms with Gasteiger partial charge in [-0.2, -0.15) is 0 Å². The maximum absolute atomic E-state index is 11.9. The summed E-state index contributed by atoms with van der Waals surface area (Å²) in [6, 6.07) is 0. The number of rotatable bonds is 6. The number of carbonyl (C=O) groups is 3. The van der Waals surface area contributed by atoms with Gasteiger partial charge in [-0.25, -0.2) is 0 Å². The predicted molar refractivity (Wildman–Crippen MR) is 85.7 cm³/mol. The maximum atomic E-state index is 11.9. The van der Waals surface area contributed by atoms with E-state index in [1.54, 1.807) is 18.7 Å². The van der Waals surface area contributed by atoms with Gasteiger partial charge >= 0.3 is 0 Å². The van der Waals surface area contributed by atoms with E-state index in [-0.39, 0.29) is 34.4 Å². The van der Waals surface area contributed by atoms with Gasteiger partial charge in [0.25, 0.3) is 0 Å². The lowest BCUT2D eigenvalue weighted by Crippen LogP contribution is -2.28. The first-order valence-corrected chi connectivity index (χ1v) is 7.96. The highest BCUT2D eigenvalue weighted by Gasteiger charge is 2.31. The Morgan fingerprint density at radius 1 is 1.36 bits per heavy atom. The van der Waals surface area contributed by atoms with Crippen LogP contribution in [0, 0.1) is 11.3 Å². The lowest BCUT2D eigenvalue weighted by atomic mass is 10.1. The van der Waals surface area contributed by atoms with Crippen LogP contribution in [0.5, 0.6) is 0 Å². The monoisotopic (exact) mass is 326 g/mol. The number of likely N-dealkylation sites (tertiary alicyclic amines) is 1. The zero-order valence-corrected chi connectivity index (χ0v) is 14.2. The zero-order valence-electron chi connectivity index (χ0n) is 13.3. The Hall–Kier alpha value is -1.63. The summed E-state index contributed by atoms with van der Waals surface area (Å²) in [5.41, 5.74) is 0.256. The van der Waals surface area contributed by atoms with Gasteiger partial charge in [0, 0.05) is 32.9 Å². The van der Waals surface area contributed by atoms with Crippen molar-refractivity contribution in [1.82, 2.24) is 4.90 Å². The second kappa shape index (κ2) is 8.12. The molecule has 0 saturated carbocycles. The highest BCUT2D eigenvalue weighted by atomic mass is 32.2. The second-order valence-electron chi connectivity index (χ2n) is 5.44.